The van der Waals surface area contributed by atoms with E-state index >= 15 is 0 Å². The number of thiophene rings is 1. The molecule has 0 bridgehead atoms. The van der Waals surface area contributed by atoms with Gasteiger partial charge in [0.15, 0.2) is 5.82 Å². The second kappa shape index (κ2) is 6.19. The highest BCUT2D eigenvalue weighted by Gasteiger charge is 2.23. The molecule has 1 aromatic heterocycles. The number of anilines is 1. The highest BCUT2D eigenvalue weighted by atomic mass is 79.9. The molecule has 9 heteroatoms. The van der Waals surface area contributed by atoms with Gasteiger partial charge in [-0.15, -0.1) is 11.3 Å². The summed E-state index contributed by atoms with van der Waals surface area (Å²) in [6.07, 6.45) is 0. The van der Waals surface area contributed by atoms with Crippen LogP contribution < -0.4 is 11.1 Å². The fourth-order valence-electron chi connectivity index (χ4n) is 1.62. The highest BCUT2D eigenvalue weighted by Crippen LogP contribution is 2.25. The quantitative estimate of drug-likeness (QED) is 0.488. The van der Waals surface area contributed by atoms with Crippen molar-refractivity contribution in [1.82, 2.24) is 5.32 Å². The topological polar surface area (TPSA) is 98.3 Å². The molecule has 0 saturated heterocycles. The van der Waals surface area contributed by atoms with Crippen molar-refractivity contribution >= 4 is 44.5 Å². The van der Waals surface area contributed by atoms with E-state index in [1.807, 2.05) is 11.4 Å². The zero-order valence-corrected chi connectivity index (χ0v) is 12.8. The Morgan fingerprint density at radius 3 is 2.81 bits per heavy atom. The summed E-state index contributed by atoms with van der Waals surface area (Å²) < 4.78 is 14.1. The summed E-state index contributed by atoms with van der Waals surface area (Å²) in [5.74, 6) is -1.62. The molecule has 1 amide bonds. The van der Waals surface area contributed by atoms with E-state index in [2.05, 4.69) is 21.2 Å². The Labute approximate surface area is 131 Å². The lowest BCUT2D eigenvalue weighted by molar-refractivity contribution is -0.385. The number of hydrogen-bond donors (Lipinski definition) is 2. The molecule has 1 aromatic carbocycles. The number of amides is 1. The van der Waals surface area contributed by atoms with Crippen molar-refractivity contribution in [3.05, 3.63) is 54.4 Å². The molecule has 0 unspecified atom stereocenters. The number of hydrogen-bond acceptors (Lipinski definition) is 5. The van der Waals surface area contributed by atoms with Gasteiger partial charge in [0.25, 0.3) is 11.6 Å². The normalized spacial score (nSPS) is 10.4. The summed E-state index contributed by atoms with van der Waals surface area (Å²) in [6, 6.07) is 3.43. The van der Waals surface area contributed by atoms with E-state index in [0.29, 0.717) is 6.07 Å². The van der Waals surface area contributed by atoms with Gasteiger partial charge in [0.2, 0.25) is 0 Å². The van der Waals surface area contributed by atoms with Gasteiger partial charge in [-0.1, -0.05) is 0 Å². The lowest BCUT2D eigenvalue weighted by Gasteiger charge is -2.06. The van der Waals surface area contributed by atoms with E-state index in [0.717, 1.165) is 15.4 Å². The summed E-state index contributed by atoms with van der Waals surface area (Å²) in [5, 5.41) is 15.3. The van der Waals surface area contributed by atoms with E-state index in [9.17, 15) is 19.3 Å². The van der Waals surface area contributed by atoms with Gasteiger partial charge in [0.05, 0.1) is 23.2 Å². The Bertz CT molecular complexity index is 720. The van der Waals surface area contributed by atoms with E-state index in [1.165, 1.54) is 11.3 Å². The number of nitrogen functional groups attached to an aromatic ring is 1. The molecule has 0 radical (unpaired) electrons. The smallest absolute Gasteiger partial charge is 0.285 e. The first-order valence-electron chi connectivity index (χ1n) is 5.63. The lowest BCUT2D eigenvalue weighted by Crippen LogP contribution is -2.23. The van der Waals surface area contributed by atoms with Gasteiger partial charge < -0.3 is 11.1 Å². The fraction of sp³-hybridized carbons (Fsp3) is 0.0833. The molecular formula is C12H9BrFN3O3S. The van der Waals surface area contributed by atoms with E-state index in [1.54, 1.807) is 0 Å². The molecule has 0 saturated carbocycles. The minimum Gasteiger partial charge on any atom is -0.396 e. The molecule has 0 aliphatic heterocycles. The van der Waals surface area contributed by atoms with Crippen molar-refractivity contribution in [2.75, 3.05) is 5.73 Å². The molecule has 0 aliphatic carbocycles. The van der Waals surface area contributed by atoms with Gasteiger partial charge >= 0.3 is 0 Å². The number of benzene rings is 1. The summed E-state index contributed by atoms with van der Waals surface area (Å²) in [4.78, 5) is 23.0. The molecule has 0 atom stereocenters. The van der Waals surface area contributed by atoms with Crippen LogP contribution in [0.1, 0.15) is 15.2 Å². The molecule has 2 rings (SSSR count). The molecule has 1 heterocycles. The third kappa shape index (κ3) is 3.37. The van der Waals surface area contributed by atoms with Gasteiger partial charge in [-0.2, -0.15) is 0 Å². The first-order chi connectivity index (χ1) is 9.90. The van der Waals surface area contributed by atoms with Crippen LogP contribution in [0.3, 0.4) is 0 Å². The minimum atomic E-state index is -0.931. The number of nitro groups is 1. The van der Waals surface area contributed by atoms with Gasteiger partial charge in [0.1, 0.15) is 5.56 Å². The first-order valence-corrected chi connectivity index (χ1v) is 7.31. The van der Waals surface area contributed by atoms with Crippen LogP contribution in [0, 0.1) is 15.9 Å². The maximum Gasteiger partial charge on any atom is 0.285 e. The third-order valence-corrected chi connectivity index (χ3v) is 4.58. The van der Waals surface area contributed by atoms with Crippen LogP contribution in [0.25, 0.3) is 0 Å². The molecule has 6 nitrogen and oxygen atoms in total. The summed E-state index contributed by atoms with van der Waals surface area (Å²) in [7, 11) is 0. The van der Waals surface area contributed by atoms with Crippen LogP contribution in [0.15, 0.2) is 28.1 Å². The number of nitrogens with zero attached hydrogens (tertiary/aromatic N) is 1. The molecule has 0 spiro atoms. The predicted octanol–water partition coefficient (Wildman–Crippen LogP) is 3.07. The number of carbonyl (C=O) groups is 1. The third-order valence-electron chi connectivity index (χ3n) is 2.66. The SMILES string of the molecule is Nc1cc(C(=O)NCc2sccc2Br)c([N+](=O)[O-])cc1F. The van der Waals surface area contributed by atoms with Crippen molar-refractivity contribution in [2.24, 2.45) is 0 Å². The van der Waals surface area contributed by atoms with Crippen LogP contribution >= 0.6 is 27.3 Å². The molecule has 2 aromatic rings. The Morgan fingerprint density at radius 1 is 1.52 bits per heavy atom. The standard InChI is InChI=1S/C12H9BrFN3O3S/c13-7-1-2-21-11(7)5-16-12(18)6-3-9(15)8(14)4-10(6)17(19)20/h1-4H,5,15H2,(H,16,18). The fourth-order valence-corrected chi connectivity index (χ4v) is 3.05. The van der Waals surface area contributed by atoms with Gasteiger partial charge in [-0.05, 0) is 33.4 Å². The summed E-state index contributed by atoms with van der Waals surface area (Å²) in [6.45, 7) is 0.200. The van der Waals surface area contributed by atoms with Crippen LogP contribution in [0.4, 0.5) is 15.8 Å². The number of nitrogens with one attached hydrogen (secondary N) is 1. The number of halogens is 2. The average molecular weight is 374 g/mol. The zero-order chi connectivity index (χ0) is 15.6. The van der Waals surface area contributed by atoms with Gasteiger partial charge in [-0.25, -0.2) is 4.39 Å². The predicted molar refractivity (Wildman–Crippen MR) is 80.7 cm³/mol. The maximum absolute atomic E-state index is 13.3. The van der Waals surface area contributed by atoms with Gasteiger partial charge in [0, 0.05) is 9.35 Å². The van der Waals surface area contributed by atoms with Gasteiger partial charge in [-0.3, -0.25) is 14.9 Å². The summed E-state index contributed by atoms with van der Waals surface area (Å²) in [5.41, 5.74) is 4.15. The molecule has 110 valence electrons. The van der Waals surface area contributed by atoms with Crippen LogP contribution in [-0.2, 0) is 6.54 Å². The average Bonchev–Trinajstić information content (AvgIpc) is 2.84. The maximum atomic E-state index is 13.3. The Balaban J connectivity index is 2.24. The number of nitrogens with two attached hydrogens (primary N) is 1. The highest BCUT2D eigenvalue weighted by molar-refractivity contribution is 9.10. The van der Waals surface area contributed by atoms with Crippen molar-refractivity contribution in [3.63, 3.8) is 0 Å². The monoisotopic (exact) mass is 373 g/mol. The van der Waals surface area contributed by atoms with Crippen LogP contribution in [0.5, 0.6) is 0 Å². The first kappa shape index (κ1) is 15.4. The Hall–Kier alpha value is -2.00. The Morgan fingerprint density at radius 2 is 2.24 bits per heavy atom. The van der Waals surface area contributed by atoms with E-state index < -0.39 is 22.3 Å². The number of carbonyl (C=O) groups excluding carboxylic acids is 1. The van der Waals surface area contributed by atoms with Crippen molar-refractivity contribution in [2.45, 2.75) is 6.54 Å². The largest absolute Gasteiger partial charge is 0.396 e. The van der Waals surface area contributed by atoms with Crippen LogP contribution in [-0.4, -0.2) is 10.8 Å². The molecule has 0 fully saturated rings. The lowest BCUT2D eigenvalue weighted by atomic mass is 10.1. The van der Waals surface area contributed by atoms with Crippen molar-refractivity contribution < 1.29 is 14.1 Å². The molecular weight excluding hydrogens is 365 g/mol. The van der Waals surface area contributed by atoms with E-state index in [4.69, 9.17) is 5.73 Å². The zero-order valence-electron chi connectivity index (χ0n) is 10.4. The van der Waals surface area contributed by atoms with Crippen molar-refractivity contribution in [3.8, 4) is 0 Å². The van der Waals surface area contributed by atoms with Crippen LogP contribution in [0.2, 0.25) is 0 Å². The second-order valence-electron chi connectivity index (χ2n) is 4.02. The minimum absolute atomic E-state index is 0.200. The van der Waals surface area contributed by atoms with E-state index in [-0.39, 0.29) is 17.8 Å². The number of nitro benzene ring substituents is 1. The summed E-state index contributed by atoms with van der Waals surface area (Å²) >= 11 is 4.74. The Kier molecular flexibility index (Phi) is 4.53. The number of rotatable bonds is 4. The molecule has 0 aliphatic rings. The molecule has 3 N–H and O–H groups in total. The molecule has 21 heavy (non-hydrogen) atoms. The second-order valence-corrected chi connectivity index (χ2v) is 5.88. The van der Waals surface area contributed by atoms with Crippen molar-refractivity contribution in [1.29, 1.82) is 0 Å².